The first-order valence-electron chi connectivity index (χ1n) is 7.32. The molecule has 2 rings (SSSR count). The maximum Gasteiger partial charge on any atom is 0.410 e. The Balaban J connectivity index is 2.19. The van der Waals surface area contributed by atoms with Crippen molar-refractivity contribution < 1.29 is 19.6 Å². The number of nitrogens with one attached hydrogen (secondary N) is 2. The fourth-order valence-corrected chi connectivity index (χ4v) is 2.41. The second-order valence-electron chi connectivity index (χ2n) is 5.65. The molecule has 0 radical (unpaired) electrons. The highest BCUT2D eigenvalue weighted by Crippen LogP contribution is 2.33. The van der Waals surface area contributed by atoms with Crippen molar-refractivity contribution in [3.8, 4) is 0 Å². The van der Waals surface area contributed by atoms with Crippen LogP contribution in [0.5, 0.6) is 0 Å². The highest BCUT2D eigenvalue weighted by Gasteiger charge is 2.30. The summed E-state index contributed by atoms with van der Waals surface area (Å²) in [4.78, 5) is 36.8. The Morgan fingerprint density at radius 3 is 2.80 bits per heavy atom. The first-order valence-corrected chi connectivity index (χ1v) is 7.32. The van der Waals surface area contributed by atoms with Crippen molar-refractivity contribution in [2.45, 2.75) is 13.3 Å². The second kappa shape index (κ2) is 6.99. The van der Waals surface area contributed by atoms with Gasteiger partial charge in [0.25, 0.3) is 0 Å². The number of carbonyl (C=O) groups excluding carboxylic acids is 1. The van der Waals surface area contributed by atoms with E-state index in [4.69, 9.17) is 10.8 Å². The van der Waals surface area contributed by atoms with Crippen molar-refractivity contribution >= 4 is 34.9 Å². The van der Waals surface area contributed by atoms with Gasteiger partial charge in [-0.15, -0.1) is 0 Å². The quantitative estimate of drug-likeness (QED) is 0.449. The van der Waals surface area contributed by atoms with Gasteiger partial charge < -0.3 is 16.2 Å². The van der Waals surface area contributed by atoms with Crippen molar-refractivity contribution in [2.24, 2.45) is 5.41 Å². The molecule has 1 atom stereocenters. The summed E-state index contributed by atoms with van der Waals surface area (Å²) >= 11 is 0. The molecule has 0 bridgehead atoms. The first kappa shape index (κ1) is 17.9. The van der Waals surface area contributed by atoms with Gasteiger partial charge in [0, 0.05) is 12.6 Å². The average Bonchev–Trinajstić information content (AvgIpc) is 2.49. The zero-order valence-electron chi connectivity index (χ0n) is 13.4. The molecule has 0 fully saturated rings. The third-order valence-electron chi connectivity index (χ3n) is 3.78. The molecule has 1 unspecified atom stereocenters. The fraction of sp³-hybridized carbons (Fsp3) is 0.267. The van der Waals surface area contributed by atoms with Gasteiger partial charge in [-0.1, -0.05) is 18.2 Å². The van der Waals surface area contributed by atoms with Crippen molar-refractivity contribution in [1.29, 1.82) is 0 Å². The Bertz CT molecular complexity index is 789. The van der Waals surface area contributed by atoms with Gasteiger partial charge in [0.15, 0.2) is 5.78 Å². The molecule has 1 heterocycles. The molecule has 1 aliphatic rings. The van der Waals surface area contributed by atoms with Gasteiger partial charge in [-0.2, -0.15) is 0 Å². The highest BCUT2D eigenvalue weighted by atomic mass is 16.6. The largest absolute Gasteiger partial charge is 0.465 e. The van der Waals surface area contributed by atoms with Crippen LogP contribution in [0.2, 0.25) is 0 Å². The number of hydrogen-bond donors (Lipinski definition) is 4. The van der Waals surface area contributed by atoms with Gasteiger partial charge in [0.05, 0.1) is 10.3 Å². The number of nitro groups is 1. The normalized spacial score (nSPS) is 18.8. The predicted molar refractivity (Wildman–Crippen MR) is 91.5 cm³/mol. The SMILES string of the molecule is CC1(CCNc2cc(NC(=O)O)nc(N)c2[N+](=O)[O-])C=CC=CC1=O. The highest BCUT2D eigenvalue weighted by molar-refractivity contribution is 5.97. The first-order chi connectivity index (χ1) is 11.7. The molecular formula is C15H17N5O5. The molecule has 1 aliphatic carbocycles. The van der Waals surface area contributed by atoms with Crippen LogP contribution in [0.4, 0.5) is 27.8 Å². The molecule has 0 aliphatic heterocycles. The van der Waals surface area contributed by atoms with Crippen LogP contribution in [-0.4, -0.2) is 33.4 Å². The number of anilines is 3. The van der Waals surface area contributed by atoms with Crippen LogP contribution < -0.4 is 16.4 Å². The van der Waals surface area contributed by atoms with Crippen molar-refractivity contribution in [3.63, 3.8) is 0 Å². The third kappa shape index (κ3) is 4.10. The summed E-state index contributed by atoms with van der Waals surface area (Å²) in [7, 11) is 0. The molecule has 5 N–H and O–H groups in total. The van der Waals surface area contributed by atoms with E-state index in [9.17, 15) is 19.7 Å². The van der Waals surface area contributed by atoms with Crippen LogP contribution >= 0.6 is 0 Å². The number of nitrogen functional groups attached to an aromatic ring is 1. The Morgan fingerprint density at radius 2 is 2.20 bits per heavy atom. The van der Waals surface area contributed by atoms with Crippen LogP contribution in [0.1, 0.15) is 13.3 Å². The van der Waals surface area contributed by atoms with Gasteiger partial charge >= 0.3 is 11.8 Å². The number of carbonyl (C=O) groups is 2. The summed E-state index contributed by atoms with van der Waals surface area (Å²) < 4.78 is 0. The number of hydrogen-bond acceptors (Lipinski definition) is 7. The van der Waals surface area contributed by atoms with E-state index in [2.05, 4.69) is 10.3 Å². The van der Waals surface area contributed by atoms with E-state index in [1.165, 1.54) is 12.1 Å². The smallest absolute Gasteiger partial charge is 0.410 e. The molecule has 10 nitrogen and oxygen atoms in total. The molecule has 0 saturated heterocycles. The number of amides is 1. The maximum absolute atomic E-state index is 12.0. The van der Waals surface area contributed by atoms with E-state index < -0.39 is 27.9 Å². The number of carboxylic acid groups (broad SMARTS) is 1. The number of pyridine rings is 1. The molecule has 1 aromatic heterocycles. The number of aromatic nitrogens is 1. The lowest BCUT2D eigenvalue weighted by atomic mass is 9.79. The van der Waals surface area contributed by atoms with Gasteiger partial charge in [-0.05, 0) is 19.4 Å². The molecule has 0 saturated carbocycles. The summed E-state index contributed by atoms with van der Waals surface area (Å²) in [5.41, 5.74) is 4.42. The Kier molecular flexibility index (Phi) is 5.01. The van der Waals surface area contributed by atoms with E-state index in [0.717, 1.165) is 0 Å². The maximum atomic E-state index is 12.0. The van der Waals surface area contributed by atoms with Crippen LogP contribution in [0, 0.1) is 15.5 Å². The van der Waals surface area contributed by atoms with Crippen LogP contribution in [0.25, 0.3) is 0 Å². The van der Waals surface area contributed by atoms with Crippen molar-refractivity contribution in [2.75, 3.05) is 22.9 Å². The van der Waals surface area contributed by atoms with Gasteiger partial charge in [-0.3, -0.25) is 20.2 Å². The molecule has 0 spiro atoms. The molecule has 25 heavy (non-hydrogen) atoms. The summed E-state index contributed by atoms with van der Waals surface area (Å²) in [6.45, 7) is 2.00. The number of rotatable bonds is 6. The summed E-state index contributed by atoms with van der Waals surface area (Å²) in [5, 5.41) is 24.8. The molecule has 1 aromatic rings. The van der Waals surface area contributed by atoms with Crippen molar-refractivity contribution in [3.05, 3.63) is 40.5 Å². The topological polar surface area (TPSA) is 160 Å². The van der Waals surface area contributed by atoms with E-state index >= 15 is 0 Å². The summed E-state index contributed by atoms with van der Waals surface area (Å²) in [6, 6.07) is 1.18. The number of nitrogens with zero attached hydrogens (tertiary/aromatic N) is 2. The predicted octanol–water partition coefficient (Wildman–Crippen LogP) is 2.17. The molecule has 1 amide bonds. The van der Waals surface area contributed by atoms with Gasteiger partial charge in [0.1, 0.15) is 11.5 Å². The van der Waals surface area contributed by atoms with Gasteiger partial charge in [0.2, 0.25) is 5.82 Å². The Morgan fingerprint density at radius 1 is 1.48 bits per heavy atom. The molecule has 0 aromatic carbocycles. The minimum Gasteiger partial charge on any atom is -0.465 e. The zero-order chi connectivity index (χ0) is 18.6. The van der Waals surface area contributed by atoms with E-state index in [1.807, 2.05) is 5.32 Å². The van der Waals surface area contributed by atoms with E-state index in [0.29, 0.717) is 6.42 Å². The van der Waals surface area contributed by atoms with Crippen LogP contribution in [-0.2, 0) is 4.79 Å². The summed E-state index contributed by atoms with van der Waals surface area (Å²) in [5.74, 6) is -0.615. The minimum atomic E-state index is -1.37. The van der Waals surface area contributed by atoms with Gasteiger partial charge in [-0.25, -0.2) is 9.78 Å². The lowest BCUT2D eigenvalue weighted by Gasteiger charge is -2.25. The second-order valence-corrected chi connectivity index (χ2v) is 5.65. The van der Waals surface area contributed by atoms with Crippen LogP contribution in [0.3, 0.4) is 0 Å². The molecule has 132 valence electrons. The molecule has 10 heteroatoms. The third-order valence-corrected chi connectivity index (χ3v) is 3.78. The lowest BCUT2D eigenvalue weighted by Crippen LogP contribution is -2.28. The minimum absolute atomic E-state index is 0.0210. The monoisotopic (exact) mass is 347 g/mol. The van der Waals surface area contributed by atoms with E-state index in [-0.39, 0.29) is 23.8 Å². The fourth-order valence-electron chi connectivity index (χ4n) is 2.41. The Labute approximate surface area is 142 Å². The molecular weight excluding hydrogens is 330 g/mol. The summed E-state index contributed by atoms with van der Waals surface area (Å²) in [6.07, 6.45) is 5.67. The standard InChI is InChI=1S/C15H17N5O5/c1-15(5-3-2-4-10(15)21)6-7-17-9-8-11(19-14(22)23)18-13(16)12(9)20(24)25/h2-5,8H,6-7H2,1H3,(H,22,23)(H4,16,17,18,19). The number of allylic oxidation sites excluding steroid dienone is 4. The van der Waals surface area contributed by atoms with E-state index in [1.54, 1.807) is 25.2 Å². The lowest BCUT2D eigenvalue weighted by molar-refractivity contribution is -0.383. The zero-order valence-corrected chi connectivity index (χ0v) is 13.4. The van der Waals surface area contributed by atoms with Crippen LogP contribution in [0.15, 0.2) is 30.4 Å². The van der Waals surface area contributed by atoms with Crippen molar-refractivity contribution in [1.82, 2.24) is 4.98 Å². The Hall–Kier alpha value is -3.43. The number of nitrogens with two attached hydrogens (primary N) is 1. The number of ketones is 1. The average molecular weight is 347 g/mol.